The Kier molecular flexibility index (Phi) is 5.62. The number of hydrogen-bond acceptors (Lipinski definition) is 3. The van der Waals surface area contributed by atoms with Crippen molar-refractivity contribution in [1.29, 1.82) is 0 Å². The molecule has 0 saturated carbocycles. The molecule has 5 heteroatoms. The van der Waals surface area contributed by atoms with Crippen LogP contribution in [0.15, 0.2) is 29.2 Å². The summed E-state index contributed by atoms with van der Waals surface area (Å²) < 4.78 is 13.3. The number of aliphatic hydroxyl groups is 1. The molecule has 3 nitrogen and oxygen atoms in total. The SMILES string of the molecule is CC(C)(O)CNC(=O)CCSc1ccccc1F. The summed E-state index contributed by atoms with van der Waals surface area (Å²) >= 11 is 1.31. The van der Waals surface area contributed by atoms with Gasteiger partial charge >= 0.3 is 0 Å². The van der Waals surface area contributed by atoms with Crippen molar-refractivity contribution < 1.29 is 14.3 Å². The highest BCUT2D eigenvalue weighted by Gasteiger charge is 2.13. The lowest BCUT2D eigenvalue weighted by Gasteiger charge is -2.17. The maximum atomic E-state index is 13.3. The van der Waals surface area contributed by atoms with Gasteiger partial charge in [-0.2, -0.15) is 0 Å². The van der Waals surface area contributed by atoms with E-state index in [1.807, 2.05) is 0 Å². The third-order valence-electron chi connectivity index (χ3n) is 2.14. The Morgan fingerprint density at radius 2 is 2.11 bits per heavy atom. The molecule has 0 spiro atoms. The predicted molar refractivity (Wildman–Crippen MR) is 71.0 cm³/mol. The van der Waals surface area contributed by atoms with Gasteiger partial charge < -0.3 is 10.4 Å². The van der Waals surface area contributed by atoms with Gasteiger partial charge in [-0.05, 0) is 26.0 Å². The molecule has 1 aromatic rings. The second-order valence-corrected chi connectivity index (χ2v) is 5.75. The van der Waals surface area contributed by atoms with Gasteiger partial charge in [-0.25, -0.2) is 4.39 Å². The van der Waals surface area contributed by atoms with Crippen LogP contribution in [0.4, 0.5) is 4.39 Å². The topological polar surface area (TPSA) is 49.3 Å². The average molecular weight is 271 g/mol. The van der Waals surface area contributed by atoms with Crippen LogP contribution in [-0.2, 0) is 4.79 Å². The summed E-state index contributed by atoms with van der Waals surface area (Å²) in [6.45, 7) is 3.47. The number of hydrogen-bond donors (Lipinski definition) is 2. The molecule has 0 bridgehead atoms. The number of benzene rings is 1. The molecular weight excluding hydrogens is 253 g/mol. The van der Waals surface area contributed by atoms with Crippen LogP contribution < -0.4 is 5.32 Å². The molecule has 0 radical (unpaired) electrons. The Morgan fingerprint density at radius 1 is 1.44 bits per heavy atom. The normalized spacial score (nSPS) is 11.3. The second-order valence-electron chi connectivity index (χ2n) is 4.62. The molecule has 18 heavy (non-hydrogen) atoms. The van der Waals surface area contributed by atoms with Gasteiger partial charge in [0.2, 0.25) is 5.91 Å². The van der Waals surface area contributed by atoms with Gasteiger partial charge in [0.15, 0.2) is 0 Å². The molecule has 100 valence electrons. The van der Waals surface area contributed by atoms with Crippen LogP contribution in [0.3, 0.4) is 0 Å². The summed E-state index contributed by atoms with van der Waals surface area (Å²) in [5.41, 5.74) is -0.908. The Labute approximate surface area is 111 Å². The van der Waals surface area contributed by atoms with Gasteiger partial charge in [0, 0.05) is 23.6 Å². The Bertz CT molecular complexity index is 404. The molecule has 0 aliphatic carbocycles. The van der Waals surface area contributed by atoms with Crippen LogP contribution in [0, 0.1) is 5.82 Å². The van der Waals surface area contributed by atoms with E-state index in [-0.39, 0.29) is 18.3 Å². The highest BCUT2D eigenvalue weighted by atomic mass is 32.2. The molecule has 0 unspecified atom stereocenters. The van der Waals surface area contributed by atoms with Gasteiger partial charge in [-0.3, -0.25) is 4.79 Å². The van der Waals surface area contributed by atoms with E-state index in [0.717, 1.165) is 0 Å². The van der Waals surface area contributed by atoms with E-state index in [1.165, 1.54) is 17.8 Å². The fourth-order valence-electron chi connectivity index (χ4n) is 1.22. The molecule has 0 heterocycles. The number of nitrogens with one attached hydrogen (secondary N) is 1. The molecule has 0 saturated heterocycles. The second kappa shape index (κ2) is 6.75. The molecular formula is C13H18FNO2S. The van der Waals surface area contributed by atoms with Crippen molar-refractivity contribution >= 4 is 17.7 Å². The summed E-state index contributed by atoms with van der Waals surface area (Å²) in [7, 11) is 0. The lowest BCUT2D eigenvalue weighted by molar-refractivity contribution is -0.121. The molecule has 0 aromatic heterocycles. The molecule has 1 aromatic carbocycles. The highest BCUT2D eigenvalue weighted by molar-refractivity contribution is 7.99. The van der Waals surface area contributed by atoms with Crippen LogP contribution in [0.2, 0.25) is 0 Å². The summed E-state index contributed by atoms with van der Waals surface area (Å²) in [6, 6.07) is 6.49. The summed E-state index contributed by atoms with van der Waals surface area (Å²) in [5, 5.41) is 12.1. The summed E-state index contributed by atoms with van der Waals surface area (Å²) in [6.07, 6.45) is 0.301. The first kappa shape index (κ1) is 15.0. The number of rotatable bonds is 6. The lowest BCUT2D eigenvalue weighted by atomic mass is 10.1. The van der Waals surface area contributed by atoms with E-state index in [4.69, 9.17) is 0 Å². The van der Waals surface area contributed by atoms with E-state index in [0.29, 0.717) is 17.1 Å². The predicted octanol–water partition coefficient (Wildman–Crippen LogP) is 2.20. The van der Waals surface area contributed by atoms with Gasteiger partial charge in [0.1, 0.15) is 5.82 Å². The van der Waals surface area contributed by atoms with Crippen molar-refractivity contribution in [2.75, 3.05) is 12.3 Å². The van der Waals surface area contributed by atoms with E-state index in [1.54, 1.807) is 32.0 Å². The lowest BCUT2D eigenvalue weighted by Crippen LogP contribution is -2.38. The minimum absolute atomic E-state index is 0.138. The van der Waals surface area contributed by atoms with Gasteiger partial charge in [-0.15, -0.1) is 11.8 Å². The molecule has 2 N–H and O–H groups in total. The highest BCUT2D eigenvalue weighted by Crippen LogP contribution is 2.21. The first-order valence-corrected chi connectivity index (χ1v) is 6.73. The molecule has 1 amide bonds. The van der Waals surface area contributed by atoms with Crippen molar-refractivity contribution in [3.8, 4) is 0 Å². The van der Waals surface area contributed by atoms with E-state index in [9.17, 15) is 14.3 Å². The van der Waals surface area contributed by atoms with Gasteiger partial charge in [0.05, 0.1) is 5.60 Å². The first-order valence-electron chi connectivity index (χ1n) is 5.75. The van der Waals surface area contributed by atoms with Crippen molar-refractivity contribution in [3.05, 3.63) is 30.1 Å². The van der Waals surface area contributed by atoms with Gasteiger partial charge in [0.25, 0.3) is 0 Å². The van der Waals surface area contributed by atoms with Crippen LogP contribution in [-0.4, -0.2) is 28.9 Å². The zero-order valence-corrected chi connectivity index (χ0v) is 11.4. The molecule has 0 atom stereocenters. The number of halogens is 1. The summed E-state index contributed by atoms with van der Waals surface area (Å²) in [4.78, 5) is 12.0. The van der Waals surface area contributed by atoms with Crippen LogP contribution in [0.1, 0.15) is 20.3 Å². The van der Waals surface area contributed by atoms with Crippen molar-refractivity contribution in [3.63, 3.8) is 0 Å². The minimum Gasteiger partial charge on any atom is -0.389 e. The smallest absolute Gasteiger partial charge is 0.220 e. The van der Waals surface area contributed by atoms with Gasteiger partial charge in [-0.1, -0.05) is 12.1 Å². The fraction of sp³-hybridized carbons (Fsp3) is 0.462. The number of carbonyl (C=O) groups is 1. The maximum Gasteiger partial charge on any atom is 0.220 e. The average Bonchev–Trinajstić information content (AvgIpc) is 2.28. The standard InChI is InChI=1S/C13H18FNO2S/c1-13(2,17)9-15-12(16)7-8-18-11-6-4-3-5-10(11)14/h3-6,17H,7-9H2,1-2H3,(H,15,16). The van der Waals surface area contributed by atoms with Crippen molar-refractivity contribution in [2.45, 2.75) is 30.8 Å². The zero-order valence-electron chi connectivity index (χ0n) is 10.6. The fourth-order valence-corrected chi connectivity index (χ4v) is 2.11. The maximum absolute atomic E-state index is 13.3. The monoisotopic (exact) mass is 271 g/mol. The first-order chi connectivity index (χ1) is 8.38. The number of thioether (sulfide) groups is 1. The number of amides is 1. The van der Waals surface area contributed by atoms with Crippen LogP contribution in [0.25, 0.3) is 0 Å². The third kappa shape index (κ3) is 6.02. The molecule has 0 fully saturated rings. The van der Waals surface area contributed by atoms with Crippen molar-refractivity contribution in [1.82, 2.24) is 5.32 Å². The Balaban J connectivity index is 2.26. The minimum atomic E-state index is -0.908. The van der Waals surface area contributed by atoms with Crippen molar-refractivity contribution in [2.24, 2.45) is 0 Å². The van der Waals surface area contributed by atoms with E-state index >= 15 is 0 Å². The van der Waals surface area contributed by atoms with Crippen LogP contribution >= 0.6 is 11.8 Å². The largest absolute Gasteiger partial charge is 0.389 e. The molecule has 1 rings (SSSR count). The summed E-state index contributed by atoms with van der Waals surface area (Å²) in [5.74, 6) is 0.110. The van der Waals surface area contributed by atoms with Crippen LogP contribution in [0.5, 0.6) is 0 Å². The Hall–Kier alpha value is -1.07. The molecule has 0 aliphatic heterocycles. The number of carbonyl (C=O) groups excluding carboxylic acids is 1. The third-order valence-corrected chi connectivity index (χ3v) is 3.19. The van der Waals surface area contributed by atoms with E-state index in [2.05, 4.69) is 5.32 Å². The quantitative estimate of drug-likeness (QED) is 0.780. The Morgan fingerprint density at radius 3 is 2.72 bits per heavy atom. The molecule has 0 aliphatic rings. The van der Waals surface area contributed by atoms with E-state index < -0.39 is 5.60 Å². The zero-order chi connectivity index (χ0) is 13.6.